The fourth-order valence-electron chi connectivity index (χ4n) is 3.97. The van der Waals surface area contributed by atoms with Crippen molar-refractivity contribution in [1.82, 2.24) is 9.88 Å². The molecule has 126 valence electrons. The maximum absolute atomic E-state index is 11.8. The van der Waals surface area contributed by atoms with Gasteiger partial charge in [0.25, 0.3) is 0 Å². The van der Waals surface area contributed by atoms with E-state index in [1.54, 1.807) is 6.92 Å². The van der Waals surface area contributed by atoms with Crippen LogP contribution >= 0.6 is 0 Å². The normalized spacial score (nSPS) is 19.7. The maximum Gasteiger partial charge on any atom is 0.210 e. The van der Waals surface area contributed by atoms with Gasteiger partial charge < -0.3 is 9.88 Å². The average molecular weight is 332 g/mol. The number of rotatable bonds is 3. The molecule has 4 heteroatoms. The zero-order valence-electron chi connectivity index (χ0n) is 14.4. The smallest absolute Gasteiger partial charge is 0.210 e. The molecule has 4 rings (SSSR count). The quantitative estimate of drug-likeness (QED) is 0.588. The van der Waals surface area contributed by atoms with Crippen molar-refractivity contribution in [1.29, 1.82) is 0 Å². The van der Waals surface area contributed by atoms with Gasteiger partial charge in [0.05, 0.1) is 0 Å². The molecule has 1 unspecified atom stereocenters. The summed E-state index contributed by atoms with van der Waals surface area (Å²) in [5.41, 5.74) is 4.47. The Kier molecular flexibility index (Phi) is 3.49. The summed E-state index contributed by atoms with van der Waals surface area (Å²) in [6.07, 6.45) is 1.71. The van der Waals surface area contributed by atoms with Crippen LogP contribution in [-0.2, 0) is 16.8 Å². The van der Waals surface area contributed by atoms with Crippen LogP contribution in [0.5, 0.6) is 0 Å². The van der Waals surface area contributed by atoms with Crippen LogP contribution in [-0.4, -0.2) is 28.6 Å². The predicted molar refractivity (Wildman–Crippen MR) is 97.7 cm³/mol. The van der Waals surface area contributed by atoms with Crippen LogP contribution in [0.25, 0.3) is 10.9 Å². The van der Waals surface area contributed by atoms with E-state index in [1.807, 2.05) is 41.3 Å². The Morgan fingerprint density at radius 1 is 1.20 bits per heavy atom. The minimum atomic E-state index is -0.550. The van der Waals surface area contributed by atoms with Gasteiger partial charge in [-0.25, -0.2) is 0 Å². The molecule has 1 aromatic heterocycles. The second kappa shape index (κ2) is 5.59. The lowest BCUT2D eigenvalue weighted by atomic mass is 9.81. The number of ketones is 1. The Bertz CT molecular complexity index is 974. The highest BCUT2D eigenvalue weighted by Crippen LogP contribution is 2.42. The summed E-state index contributed by atoms with van der Waals surface area (Å²) in [5.74, 6) is 0.0630. The molecular weight excluding hydrogens is 312 g/mol. The van der Waals surface area contributed by atoms with Gasteiger partial charge in [-0.1, -0.05) is 30.3 Å². The molecule has 25 heavy (non-hydrogen) atoms. The molecule has 0 fully saturated rings. The zero-order valence-corrected chi connectivity index (χ0v) is 14.4. The third kappa shape index (κ3) is 2.21. The molecule has 2 heterocycles. The number of carbonyl (C=O) groups excluding carboxylic acids is 2. The van der Waals surface area contributed by atoms with Gasteiger partial charge in [-0.2, -0.15) is 0 Å². The fourth-order valence-corrected chi connectivity index (χ4v) is 3.97. The van der Waals surface area contributed by atoms with Crippen LogP contribution in [0.15, 0.2) is 48.5 Å². The van der Waals surface area contributed by atoms with Gasteiger partial charge in [-0.05, 0) is 49.6 Å². The van der Waals surface area contributed by atoms with E-state index >= 15 is 0 Å². The highest BCUT2D eigenvalue weighted by atomic mass is 16.1. The van der Waals surface area contributed by atoms with E-state index in [0.717, 1.165) is 35.0 Å². The molecule has 1 aliphatic rings. The second-order valence-electron chi connectivity index (χ2n) is 6.78. The van der Waals surface area contributed by atoms with E-state index in [2.05, 4.69) is 24.0 Å². The van der Waals surface area contributed by atoms with Gasteiger partial charge >= 0.3 is 0 Å². The zero-order chi connectivity index (χ0) is 17.6. The highest BCUT2D eigenvalue weighted by Gasteiger charge is 2.41. The molecule has 1 atom stereocenters. The number of amides is 1. The standard InChI is InChI=1S/C21H20N2O2/c1-14(25)15-8-9-19-18(12-15)17-10-11-23(13-24)21(2,20(17)22-19)16-6-4-3-5-7-16/h3-9,12-13,22H,10-11H2,1-2H3. The Labute approximate surface area is 146 Å². The van der Waals surface area contributed by atoms with Crippen molar-refractivity contribution < 1.29 is 9.59 Å². The molecule has 0 bridgehead atoms. The van der Waals surface area contributed by atoms with E-state index < -0.39 is 5.54 Å². The summed E-state index contributed by atoms with van der Waals surface area (Å²) < 4.78 is 0. The molecule has 3 aromatic rings. The summed E-state index contributed by atoms with van der Waals surface area (Å²) in [5, 5.41) is 1.08. The summed E-state index contributed by atoms with van der Waals surface area (Å²) in [4.78, 5) is 28.9. The van der Waals surface area contributed by atoms with Gasteiger partial charge in [0.2, 0.25) is 6.41 Å². The Hall–Kier alpha value is -2.88. The third-order valence-corrected chi connectivity index (χ3v) is 5.44. The van der Waals surface area contributed by atoms with Gasteiger partial charge in [-0.15, -0.1) is 0 Å². The van der Waals surface area contributed by atoms with Crippen LogP contribution in [0, 0.1) is 0 Å². The minimum Gasteiger partial charge on any atom is -0.356 e. The molecule has 1 N–H and O–H groups in total. The van der Waals surface area contributed by atoms with Crippen molar-refractivity contribution in [3.8, 4) is 0 Å². The molecule has 0 saturated carbocycles. The van der Waals surface area contributed by atoms with Crippen LogP contribution in [0.4, 0.5) is 0 Å². The first-order valence-electron chi connectivity index (χ1n) is 8.49. The first-order chi connectivity index (χ1) is 12.1. The molecule has 1 amide bonds. The molecule has 4 nitrogen and oxygen atoms in total. The monoisotopic (exact) mass is 332 g/mol. The van der Waals surface area contributed by atoms with Crippen LogP contribution in [0.3, 0.4) is 0 Å². The topological polar surface area (TPSA) is 53.2 Å². The first-order valence-corrected chi connectivity index (χ1v) is 8.49. The fraction of sp³-hybridized carbons (Fsp3) is 0.238. The van der Waals surface area contributed by atoms with Crippen molar-refractivity contribution in [2.75, 3.05) is 6.54 Å². The number of hydrogen-bond acceptors (Lipinski definition) is 2. The number of fused-ring (bicyclic) bond motifs is 3. The lowest BCUT2D eigenvalue weighted by molar-refractivity contribution is -0.123. The number of hydrogen-bond donors (Lipinski definition) is 1. The molecule has 0 radical (unpaired) electrons. The molecule has 0 saturated heterocycles. The number of H-pyrrole nitrogens is 1. The van der Waals surface area contributed by atoms with Crippen LogP contribution in [0.2, 0.25) is 0 Å². The van der Waals surface area contributed by atoms with Gasteiger partial charge in [0, 0.05) is 28.7 Å². The first kappa shape index (κ1) is 15.6. The van der Waals surface area contributed by atoms with Gasteiger partial charge in [-0.3, -0.25) is 9.59 Å². The van der Waals surface area contributed by atoms with E-state index in [4.69, 9.17) is 0 Å². The minimum absolute atomic E-state index is 0.0630. The average Bonchev–Trinajstić information content (AvgIpc) is 3.02. The van der Waals surface area contributed by atoms with E-state index in [-0.39, 0.29) is 5.78 Å². The SMILES string of the molecule is CC(=O)c1ccc2[nH]c3c(c2c1)CCN(C=O)C3(C)c1ccccc1. The molecule has 1 aliphatic heterocycles. The summed E-state index contributed by atoms with van der Waals surface area (Å²) >= 11 is 0. The Morgan fingerprint density at radius 2 is 1.96 bits per heavy atom. The number of nitrogens with zero attached hydrogens (tertiary/aromatic N) is 1. The molecule has 0 spiro atoms. The number of benzene rings is 2. The van der Waals surface area contributed by atoms with E-state index in [0.29, 0.717) is 12.1 Å². The van der Waals surface area contributed by atoms with Gasteiger partial charge in [0.1, 0.15) is 5.54 Å². The van der Waals surface area contributed by atoms with Gasteiger partial charge in [0.15, 0.2) is 5.78 Å². The Balaban J connectivity index is 2.00. The lowest BCUT2D eigenvalue weighted by Crippen LogP contribution is -2.48. The summed E-state index contributed by atoms with van der Waals surface area (Å²) in [6, 6.07) is 15.9. The van der Waals surface area contributed by atoms with Crippen molar-refractivity contribution in [3.05, 3.63) is 70.9 Å². The third-order valence-electron chi connectivity index (χ3n) is 5.44. The number of aromatic nitrogens is 1. The van der Waals surface area contributed by atoms with E-state index in [9.17, 15) is 9.59 Å². The Morgan fingerprint density at radius 3 is 2.64 bits per heavy atom. The number of Topliss-reactive ketones (excluding diaryl/α,β-unsaturated/α-hetero) is 1. The van der Waals surface area contributed by atoms with Crippen LogP contribution < -0.4 is 0 Å². The van der Waals surface area contributed by atoms with Crippen LogP contribution in [0.1, 0.15) is 41.0 Å². The van der Waals surface area contributed by atoms with Crippen molar-refractivity contribution in [3.63, 3.8) is 0 Å². The number of nitrogens with one attached hydrogen (secondary N) is 1. The van der Waals surface area contributed by atoms with Crippen molar-refractivity contribution >= 4 is 23.1 Å². The van der Waals surface area contributed by atoms with Crippen molar-refractivity contribution in [2.45, 2.75) is 25.8 Å². The molecular formula is C21H20N2O2. The molecule has 0 aliphatic carbocycles. The lowest BCUT2D eigenvalue weighted by Gasteiger charge is -2.43. The second-order valence-corrected chi connectivity index (χ2v) is 6.78. The number of aromatic amines is 1. The summed E-state index contributed by atoms with van der Waals surface area (Å²) in [6.45, 7) is 4.32. The van der Waals surface area contributed by atoms with E-state index in [1.165, 1.54) is 5.56 Å². The highest BCUT2D eigenvalue weighted by molar-refractivity contribution is 5.99. The predicted octanol–water partition coefficient (Wildman–Crippen LogP) is 3.65. The molecule has 2 aromatic carbocycles. The largest absolute Gasteiger partial charge is 0.356 e. The summed E-state index contributed by atoms with van der Waals surface area (Å²) in [7, 11) is 0. The van der Waals surface area contributed by atoms with Crippen molar-refractivity contribution in [2.24, 2.45) is 0 Å². The number of carbonyl (C=O) groups is 2. The maximum atomic E-state index is 11.8.